The first-order chi connectivity index (χ1) is 13.7. The van der Waals surface area contributed by atoms with E-state index in [0.29, 0.717) is 17.8 Å². The summed E-state index contributed by atoms with van der Waals surface area (Å²) < 4.78 is 22.6. The molecule has 0 aliphatic carbocycles. The van der Waals surface area contributed by atoms with Crippen LogP contribution in [0.2, 0.25) is 0 Å². The van der Waals surface area contributed by atoms with Gasteiger partial charge in [-0.15, -0.1) is 0 Å². The Morgan fingerprint density at radius 3 is 2.62 bits per heavy atom. The second-order valence-corrected chi connectivity index (χ2v) is 7.98. The van der Waals surface area contributed by atoms with Crippen molar-refractivity contribution >= 4 is 11.0 Å². The van der Waals surface area contributed by atoms with Crippen LogP contribution in [0, 0.1) is 0 Å². The third kappa shape index (κ3) is 3.65. The van der Waals surface area contributed by atoms with Gasteiger partial charge in [-0.1, -0.05) is 0 Å². The first-order valence-electron chi connectivity index (χ1n) is 9.41. The van der Waals surface area contributed by atoms with Gasteiger partial charge < -0.3 is 39.1 Å². The first kappa shape index (κ1) is 20.3. The minimum absolute atomic E-state index is 0.421. The molecule has 3 heterocycles. The molecule has 0 saturated carbocycles. The van der Waals surface area contributed by atoms with E-state index in [1.165, 1.54) is 6.07 Å². The van der Waals surface area contributed by atoms with Gasteiger partial charge in [0.05, 0.1) is 6.61 Å². The predicted octanol–water partition coefficient (Wildman–Crippen LogP) is -0.308. The molecule has 0 bridgehead atoms. The summed E-state index contributed by atoms with van der Waals surface area (Å²) in [6.45, 7) is 2.98. The molecule has 2 aromatic rings. The Labute approximate surface area is 166 Å². The van der Waals surface area contributed by atoms with Crippen LogP contribution in [0.4, 0.5) is 0 Å². The van der Waals surface area contributed by atoms with Crippen molar-refractivity contribution in [3.05, 3.63) is 40.2 Å². The standard InChI is InChI=1S/C20H24O9/c1-20(2,29-19-18(25)17(24)16(23)13(8-21)28-19)14-6-10-5-9-3-4-15(22)27-11(9)7-12(10)26-14/h3-5,7,13-14,16-19,21,23-25H,6,8H2,1-2H3/t13-,14-,16+,17+,18+,19-/m0/s1. The highest BCUT2D eigenvalue weighted by molar-refractivity contribution is 5.79. The van der Waals surface area contributed by atoms with Gasteiger partial charge in [0.25, 0.3) is 0 Å². The quantitative estimate of drug-likeness (QED) is 0.502. The van der Waals surface area contributed by atoms with Crippen LogP contribution in [-0.4, -0.2) is 69.4 Å². The van der Waals surface area contributed by atoms with Crippen molar-refractivity contribution in [2.24, 2.45) is 0 Å². The molecule has 2 aliphatic rings. The van der Waals surface area contributed by atoms with Gasteiger partial charge in [0, 0.05) is 23.9 Å². The largest absolute Gasteiger partial charge is 0.487 e. The first-order valence-corrected chi connectivity index (χ1v) is 9.41. The summed E-state index contributed by atoms with van der Waals surface area (Å²) in [5.41, 5.74) is -0.0654. The van der Waals surface area contributed by atoms with Crippen LogP contribution in [0.3, 0.4) is 0 Å². The van der Waals surface area contributed by atoms with Gasteiger partial charge in [-0.05, 0) is 31.5 Å². The summed E-state index contributed by atoms with van der Waals surface area (Å²) in [4.78, 5) is 11.4. The molecule has 0 amide bonds. The lowest BCUT2D eigenvalue weighted by atomic mass is 9.95. The van der Waals surface area contributed by atoms with E-state index in [1.807, 2.05) is 6.07 Å². The molecule has 1 aromatic carbocycles. The number of benzene rings is 1. The highest BCUT2D eigenvalue weighted by Crippen LogP contribution is 2.38. The van der Waals surface area contributed by atoms with Crippen LogP contribution in [0.25, 0.3) is 11.0 Å². The van der Waals surface area contributed by atoms with Crippen LogP contribution in [0.15, 0.2) is 33.5 Å². The Kier molecular flexibility index (Phi) is 5.14. The SMILES string of the molecule is CC(C)(O[C@@H]1O[C@@H](CO)[C@@H](O)[C@@H](O)[C@H]1O)[C@@H]1Cc2cc3ccc(=O)oc3cc2O1. The number of rotatable bonds is 4. The average Bonchev–Trinajstić information content (AvgIpc) is 3.10. The monoisotopic (exact) mass is 408 g/mol. The van der Waals surface area contributed by atoms with Gasteiger partial charge in [0.2, 0.25) is 0 Å². The molecule has 0 spiro atoms. The molecule has 4 rings (SSSR count). The van der Waals surface area contributed by atoms with Crippen molar-refractivity contribution in [1.29, 1.82) is 0 Å². The summed E-state index contributed by atoms with van der Waals surface area (Å²) in [5, 5.41) is 40.2. The van der Waals surface area contributed by atoms with Gasteiger partial charge in [-0.25, -0.2) is 4.79 Å². The lowest BCUT2D eigenvalue weighted by Crippen LogP contribution is -2.61. The van der Waals surface area contributed by atoms with Crippen LogP contribution in [0.5, 0.6) is 5.75 Å². The number of fused-ring (bicyclic) bond motifs is 2. The molecule has 1 saturated heterocycles. The molecule has 9 heteroatoms. The second kappa shape index (κ2) is 7.35. The molecule has 4 N–H and O–H groups in total. The van der Waals surface area contributed by atoms with Gasteiger partial charge in [-0.3, -0.25) is 0 Å². The number of hydrogen-bond donors (Lipinski definition) is 4. The van der Waals surface area contributed by atoms with Gasteiger partial charge >= 0.3 is 5.63 Å². The lowest BCUT2D eigenvalue weighted by molar-refractivity contribution is -0.329. The molecular formula is C20H24O9. The Morgan fingerprint density at radius 1 is 1.14 bits per heavy atom. The van der Waals surface area contributed by atoms with E-state index in [0.717, 1.165) is 10.9 Å². The Morgan fingerprint density at radius 2 is 1.90 bits per heavy atom. The number of aliphatic hydroxyl groups excluding tert-OH is 4. The summed E-state index contributed by atoms with van der Waals surface area (Å²) >= 11 is 0. The minimum atomic E-state index is -1.52. The lowest BCUT2D eigenvalue weighted by Gasteiger charge is -2.43. The number of hydrogen-bond acceptors (Lipinski definition) is 9. The average molecular weight is 408 g/mol. The normalized spacial score (nSPS) is 32.2. The minimum Gasteiger partial charge on any atom is -0.487 e. The molecule has 158 valence electrons. The summed E-state index contributed by atoms with van der Waals surface area (Å²) in [6.07, 6.45) is -6.71. The van der Waals surface area contributed by atoms with Crippen molar-refractivity contribution in [1.82, 2.24) is 0 Å². The third-order valence-electron chi connectivity index (χ3n) is 5.52. The Bertz CT molecular complexity index is 951. The van der Waals surface area contributed by atoms with Crippen LogP contribution in [0.1, 0.15) is 19.4 Å². The van der Waals surface area contributed by atoms with E-state index >= 15 is 0 Å². The smallest absolute Gasteiger partial charge is 0.336 e. The fraction of sp³-hybridized carbons (Fsp3) is 0.550. The van der Waals surface area contributed by atoms with E-state index in [1.54, 1.807) is 26.0 Å². The number of ether oxygens (including phenoxy) is 3. The third-order valence-corrected chi connectivity index (χ3v) is 5.52. The fourth-order valence-electron chi connectivity index (χ4n) is 3.74. The summed E-state index contributed by atoms with van der Waals surface area (Å²) in [7, 11) is 0. The van der Waals surface area contributed by atoms with Crippen molar-refractivity contribution < 1.29 is 39.1 Å². The Balaban J connectivity index is 1.53. The topological polar surface area (TPSA) is 139 Å². The van der Waals surface area contributed by atoms with Crippen molar-refractivity contribution in [3.63, 3.8) is 0 Å². The molecule has 0 radical (unpaired) electrons. The number of aliphatic hydroxyl groups is 4. The fourth-order valence-corrected chi connectivity index (χ4v) is 3.74. The van der Waals surface area contributed by atoms with E-state index < -0.39 is 54.6 Å². The molecule has 29 heavy (non-hydrogen) atoms. The van der Waals surface area contributed by atoms with Gasteiger partial charge in [0.1, 0.15) is 47.5 Å². The summed E-state index contributed by atoms with van der Waals surface area (Å²) in [5.74, 6) is 0.572. The maximum Gasteiger partial charge on any atom is 0.336 e. The van der Waals surface area contributed by atoms with Crippen LogP contribution < -0.4 is 10.4 Å². The van der Waals surface area contributed by atoms with E-state index in [-0.39, 0.29) is 0 Å². The zero-order valence-corrected chi connectivity index (χ0v) is 16.0. The van der Waals surface area contributed by atoms with Gasteiger partial charge in [-0.2, -0.15) is 0 Å². The Hall–Kier alpha value is -2.01. The van der Waals surface area contributed by atoms with E-state index in [2.05, 4.69) is 0 Å². The zero-order valence-electron chi connectivity index (χ0n) is 16.0. The van der Waals surface area contributed by atoms with E-state index in [9.17, 15) is 25.2 Å². The van der Waals surface area contributed by atoms with Crippen LogP contribution >= 0.6 is 0 Å². The maximum atomic E-state index is 11.4. The maximum absolute atomic E-state index is 11.4. The van der Waals surface area contributed by atoms with Crippen molar-refractivity contribution in [2.75, 3.05) is 6.61 Å². The molecule has 6 atom stereocenters. The second-order valence-electron chi connectivity index (χ2n) is 7.98. The highest BCUT2D eigenvalue weighted by Gasteiger charge is 2.48. The molecule has 1 aromatic heterocycles. The van der Waals surface area contributed by atoms with Crippen LogP contribution in [-0.2, 0) is 15.9 Å². The zero-order chi connectivity index (χ0) is 20.9. The van der Waals surface area contributed by atoms with Gasteiger partial charge in [0.15, 0.2) is 6.29 Å². The van der Waals surface area contributed by atoms with E-state index in [4.69, 9.17) is 18.6 Å². The molecule has 9 nitrogen and oxygen atoms in total. The van der Waals surface area contributed by atoms with Crippen molar-refractivity contribution in [3.8, 4) is 5.75 Å². The molecule has 2 aliphatic heterocycles. The molecular weight excluding hydrogens is 384 g/mol. The predicted molar refractivity (Wildman–Crippen MR) is 99.5 cm³/mol. The highest BCUT2D eigenvalue weighted by atomic mass is 16.7. The summed E-state index contributed by atoms with van der Waals surface area (Å²) in [6, 6.07) is 6.59. The molecule has 1 fully saturated rings. The van der Waals surface area contributed by atoms with Crippen molar-refractivity contribution in [2.45, 2.75) is 62.7 Å². The molecule has 0 unspecified atom stereocenters.